The van der Waals surface area contributed by atoms with Crippen molar-refractivity contribution in [2.24, 2.45) is 11.3 Å². The third-order valence-electron chi connectivity index (χ3n) is 2.97. The van der Waals surface area contributed by atoms with E-state index in [2.05, 4.69) is 25.7 Å². The highest BCUT2D eigenvalue weighted by atomic mass is 16.5. The van der Waals surface area contributed by atoms with Crippen molar-refractivity contribution in [1.82, 2.24) is 4.90 Å². The van der Waals surface area contributed by atoms with E-state index in [0.717, 1.165) is 19.1 Å². The van der Waals surface area contributed by atoms with Crippen LogP contribution < -0.4 is 0 Å². The minimum atomic E-state index is 0.130. The monoisotopic (exact) mass is 201 g/mol. The van der Waals surface area contributed by atoms with Gasteiger partial charge >= 0.3 is 0 Å². The van der Waals surface area contributed by atoms with Crippen molar-refractivity contribution in [3.05, 3.63) is 0 Å². The Kier molecular flexibility index (Phi) is 4.35. The van der Waals surface area contributed by atoms with Gasteiger partial charge in [0.15, 0.2) is 0 Å². The zero-order valence-corrected chi connectivity index (χ0v) is 9.62. The molecular formula is C11H23NO2. The van der Waals surface area contributed by atoms with Crippen LogP contribution in [0.25, 0.3) is 0 Å². The third-order valence-corrected chi connectivity index (χ3v) is 2.97. The Hall–Kier alpha value is -0.120. The lowest BCUT2D eigenvalue weighted by molar-refractivity contribution is -0.00220. The fourth-order valence-electron chi connectivity index (χ4n) is 1.66. The van der Waals surface area contributed by atoms with E-state index in [0.29, 0.717) is 12.0 Å². The summed E-state index contributed by atoms with van der Waals surface area (Å²) in [7, 11) is 0. The number of hydrogen-bond donors (Lipinski definition) is 1. The lowest BCUT2D eigenvalue weighted by Gasteiger charge is -2.46. The highest BCUT2D eigenvalue weighted by Crippen LogP contribution is 2.33. The van der Waals surface area contributed by atoms with Crippen LogP contribution in [0, 0.1) is 11.3 Å². The van der Waals surface area contributed by atoms with E-state index in [1.54, 1.807) is 0 Å². The molecule has 0 atom stereocenters. The lowest BCUT2D eigenvalue weighted by Crippen LogP contribution is -2.52. The Bertz CT molecular complexity index is 159. The standard InChI is InChI=1S/C11H23NO2/c1-11(2,3)10-8-12(9-10)4-6-14-7-5-13/h10,13H,4-9H2,1-3H3. The van der Waals surface area contributed by atoms with E-state index in [9.17, 15) is 0 Å². The predicted octanol–water partition coefficient (Wildman–Crippen LogP) is 0.973. The first-order valence-electron chi connectivity index (χ1n) is 5.45. The average Bonchev–Trinajstić information content (AvgIpc) is 1.98. The van der Waals surface area contributed by atoms with Gasteiger partial charge in [0.1, 0.15) is 0 Å². The Morgan fingerprint density at radius 3 is 2.43 bits per heavy atom. The molecule has 3 heteroatoms. The van der Waals surface area contributed by atoms with Gasteiger partial charge in [-0.2, -0.15) is 0 Å². The number of likely N-dealkylation sites (tertiary alicyclic amines) is 1. The summed E-state index contributed by atoms with van der Waals surface area (Å²) in [6, 6.07) is 0. The molecule has 1 N–H and O–H groups in total. The van der Waals surface area contributed by atoms with Crippen molar-refractivity contribution < 1.29 is 9.84 Å². The van der Waals surface area contributed by atoms with E-state index in [-0.39, 0.29) is 6.61 Å². The molecule has 1 heterocycles. The van der Waals surface area contributed by atoms with Gasteiger partial charge in [0, 0.05) is 19.6 Å². The number of aliphatic hydroxyl groups excluding tert-OH is 1. The first kappa shape index (κ1) is 12.0. The molecule has 1 aliphatic rings. The molecular weight excluding hydrogens is 178 g/mol. The van der Waals surface area contributed by atoms with Gasteiger partial charge in [-0.05, 0) is 11.3 Å². The lowest BCUT2D eigenvalue weighted by atomic mass is 9.76. The quantitative estimate of drug-likeness (QED) is 0.673. The van der Waals surface area contributed by atoms with Crippen molar-refractivity contribution in [2.75, 3.05) is 39.5 Å². The molecule has 3 nitrogen and oxygen atoms in total. The van der Waals surface area contributed by atoms with Gasteiger partial charge in [0.2, 0.25) is 0 Å². The Labute approximate surface area is 87.1 Å². The molecule has 1 aliphatic heterocycles. The molecule has 0 aromatic rings. The molecule has 1 rings (SSSR count). The van der Waals surface area contributed by atoms with Crippen molar-refractivity contribution in [1.29, 1.82) is 0 Å². The van der Waals surface area contributed by atoms with Crippen molar-refractivity contribution in [2.45, 2.75) is 20.8 Å². The van der Waals surface area contributed by atoms with E-state index in [1.807, 2.05) is 0 Å². The van der Waals surface area contributed by atoms with Crippen LogP contribution in [0.1, 0.15) is 20.8 Å². The van der Waals surface area contributed by atoms with E-state index in [4.69, 9.17) is 9.84 Å². The van der Waals surface area contributed by atoms with Gasteiger partial charge < -0.3 is 14.7 Å². The molecule has 0 aromatic heterocycles. The Morgan fingerprint density at radius 2 is 1.93 bits per heavy atom. The fraction of sp³-hybridized carbons (Fsp3) is 1.00. The van der Waals surface area contributed by atoms with Crippen molar-refractivity contribution in [3.8, 4) is 0 Å². The van der Waals surface area contributed by atoms with Crippen LogP contribution in [0.5, 0.6) is 0 Å². The smallest absolute Gasteiger partial charge is 0.0698 e. The third kappa shape index (κ3) is 3.56. The Balaban J connectivity index is 1.99. The molecule has 0 saturated carbocycles. The van der Waals surface area contributed by atoms with Gasteiger partial charge in [-0.1, -0.05) is 20.8 Å². The zero-order chi connectivity index (χ0) is 10.6. The summed E-state index contributed by atoms with van der Waals surface area (Å²) in [5.41, 5.74) is 0.447. The summed E-state index contributed by atoms with van der Waals surface area (Å²) >= 11 is 0. The maximum atomic E-state index is 8.51. The maximum absolute atomic E-state index is 8.51. The van der Waals surface area contributed by atoms with Crippen LogP contribution in [0.4, 0.5) is 0 Å². The average molecular weight is 201 g/mol. The van der Waals surface area contributed by atoms with Crippen LogP contribution in [-0.4, -0.2) is 49.5 Å². The molecule has 0 unspecified atom stereocenters. The maximum Gasteiger partial charge on any atom is 0.0698 e. The van der Waals surface area contributed by atoms with Crippen LogP contribution in [-0.2, 0) is 4.74 Å². The number of nitrogens with zero attached hydrogens (tertiary/aromatic N) is 1. The molecule has 14 heavy (non-hydrogen) atoms. The molecule has 0 aromatic carbocycles. The number of ether oxygens (including phenoxy) is 1. The summed E-state index contributed by atoms with van der Waals surface area (Å²) in [4.78, 5) is 2.41. The predicted molar refractivity (Wildman–Crippen MR) is 57.3 cm³/mol. The van der Waals surface area contributed by atoms with E-state index in [1.165, 1.54) is 13.1 Å². The SMILES string of the molecule is CC(C)(C)C1CN(CCOCCO)C1. The summed E-state index contributed by atoms with van der Waals surface area (Å²) in [6.07, 6.45) is 0. The molecule has 1 saturated heterocycles. The van der Waals surface area contributed by atoms with Crippen LogP contribution >= 0.6 is 0 Å². The summed E-state index contributed by atoms with van der Waals surface area (Å²) in [5, 5.41) is 8.51. The summed E-state index contributed by atoms with van der Waals surface area (Å²) in [5.74, 6) is 0.834. The molecule has 84 valence electrons. The van der Waals surface area contributed by atoms with Gasteiger partial charge in [0.05, 0.1) is 19.8 Å². The minimum absolute atomic E-state index is 0.130. The highest BCUT2D eigenvalue weighted by molar-refractivity contribution is 4.87. The van der Waals surface area contributed by atoms with Gasteiger partial charge in [-0.3, -0.25) is 0 Å². The van der Waals surface area contributed by atoms with Gasteiger partial charge in [-0.15, -0.1) is 0 Å². The summed E-state index contributed by atoms with van der Waals surface area (Å²) in [6.45, 7) is 11.7. The first-order chi connectivity index (χ1) is 6.54. The molecule has 0 amide bonds. The number of rotatable bonds is 5. The van der Waals surface area contributed by atoms with Crippen LogP contribution in [0.15, 0.2) is 0 Å². The first-order valence-corrected chi connectivity index (χ1v) is 5.45. The van der Waals surface area contributed by atoms with Crippen LogP contribution in [0.3, 0.4) is 0 Å². The fourth-order valence-corrected chi connectivity index (χ4v) is 1.66. The van der Waals surface area contributed by atoms with E-state index >= 15 is 0 Å². The highest BCUT2D eigenvalue weighted by Gasteiger charge is 2.34. The van der Waals surface area contributed by atoms with Gasteiger partial charge in [0.25, 0.3) is 0 Å². The van der Waals surface area contributed by atoms with E-state index < -0.39 is 0 Å². The number of aliphatic hydroxyl groups is 1. The zero-order valence-electron chi connectivity index (χ0n) is 9.62. The molecule has 0 radical (unpaired) electrons. The summed E-state index contributed by atoms with van der Waals surface area (Å²) < 4.78 is 5.22. The second kappa shape index (κ2) is 5.10. The van der Waals surface area contributed by atoms with Crippen molar-refractivity contribution >= 4 is 0 Å². The minimum Gasteiger partial charge on any atom is -0.394 e. The van der Waals surface area contributed by atoms with Crippen molar-refractivity contribution in [3.63, 3.8) is 0 Å². The largest absolute Gasteiger partial charge is 0.394 e. The topological polar surface area (TPSA) is 32.7 Å². The molecule has 1 fully saturated rings. The van der Waals surface area contributed by atoms with Gasteiger partial charge in [-0.25, -0.2) is 0 Å². The Morgan fingerprint density at radius 1 is 1.29 bits per heavy atom. The molecule has 0 bridgehead atoms. The second-order valence-corrected chi connectivity index (χ2v) is 5.16. The van der Waals surface area contributed by atoms with Crippen LogP contribution in [0.2, 0.25) is 0 Å². The number of hydrogen-bond acceptors (Lipinski definition) is 3. The molecule has 0 spiro atoms. The second-order valence-electron chi connectivity index (χ2n) is 5.16. The normalized spacial score (nSPS) is 19.7. The molecule has 0 aliphatic carbocycles.